The maximum Gasteiger partial charge on any atom is 0.326 e. The van der Waals surface area contributed by atoms with E-state index < -0.39 is 12.0 Å². The summed E-state index contributed by atoms with van der Waals surface area (Å²) in [6, 6.07) is -0.747. The minimum Gasteiger partial charge on any atom is -0.480 e. The second-order valence-corrected chi connectivity index (χ2v) is 4.06. The number of hydrogen-bond donors (Lipinski definition) is 2. The van der Waals surface area contributed by atoms with Crippen molar-refractivity contribution in [3.8, 4) is 0 Å². The van der Waals surface area contributed by atoms with Gasteiger partial charge in [-0.25, -0.2) is 4.79 Å². The molecule has 1 amide bonds. The second-order valence-electron chi connectivity index (χ2n) is 4.06. The second kappa shape index (κ2) is 8.13. The Morgan fingerprint density at radius 2 is 1.81 bits per heavy atom. The SMILES string of the molecule is CCCCC(CC)C(=O)N[C@H](CC)C(=O)O. The smallest absolute Gasteiger partial charge is 0.326 e. The molecule has 2 atom stereocenters. The summed E-state index contributed by atoms with van der Waals surface area (Å²) in [5.74, 6) is -1.13. The van der Waals surface area contributed by atoms with E-state index in [1.807, 2.05) is 6.92 Å². The van der Waals surface area contributed by atoms with Gasteiger partial charge in [-0.3, -0.25) is 4.79 Å². The van der Waals surface area contributed by atoms with Crippen molar-refractivity contribution in [3.05, 3.63) is 0 Å². The van der Waals surface area contributed by atoms with Crippen molar-refractivity contribution in [2.24, 2.45) is 5.92 Å². The highest BCUT2D eigenvalue weighted by Crippen LogP contribution is 2.13. The maximum absolute atomic E-state index is 11.8. The molecular weight excluding hydrogens is 206 g/mol. The van der Waals surface area contributed by atoms with E-state index >= 15 is 0 Å². The van der Waals surface area contributed by atoms with Crippen LogP contribution in [0.15, 0.2) is 0 Å². The minimum atomic E-state index is -0.957. The molecule has 1 unspecified atom stereocenters. The summed E-state index contributed by atoms with van der Waals surface area (Å²) in [5.41, 5.74) is 0. The molecule has 4 heteroatoms. The summed E-state index contributed by atoms with van der Waals surface area (Å²) in [6.45, 7) is 5.80. The molecule has 4 nitrogen and oxygen atoms in total. The van der Waals surface area contributed by atoms with E-state index in [1.165, 1.54) is 0 Å². The summed E-state index contributed by atoms with van der Waals surface area (Å²) in [7, 11) is 0. The zero-order valence-electron chi connectivity index (χ0n) is 10.5. The van der Waals surface area contributed by atoms with Gasteiger partial charge in [-0.15, -0.1) is 0 Å². The van der Waals surface area contributed by atoms with E-state index in [4.69, 9.17) is 5.11 Å². The molecule has 0 aromatic heterocycles. The van der Waals surface area contributed by atoms with Crippen molar-refractivity contribution in [2.45, 2.75) is 58.9 Å². The summed E-state index contributed by atoms with van der Waals surface area (Å²) in [4.78, 5) is 22.6. The summed E-state index contributed by atoms with van der Waals surface area (Å²) in [6.07, 6.45) is 4.10. The van der Waals surface area contributed by atoms with Gasteiger partial charge in [0, 0.05) is 5.92 Å². The van der Waals surface area contributed by atoms with Gasteiger partial charge in [0.15, 0.2) is 0 Å². The lowest BCUT2D eigenvalue weighted by molar-refractivity contribution is -0.142. The van der Waals surface area contributed by atoms with Crippen LogP contribution in [0.4, 0.5) is 0 Å². The fraction of sp³-hybridized carbons (Fsp3) is 0.833. The minimum absolute atomic E-state index is 0.0478. The van der Waals surface area contributed by atoms with Gasteiger partial charge in [-0.2, -0.15) is 0 Å². The van der Waals surface area contributed by atoms with Crippen molar-refractivity contribution in [1.29, 1.82) is 0 Å². The molecule has 0 aliphatic carbocycles. The Kier molecular flexibility index (Phi) is 7.60. The Bertz CT molecular complexity index is 228. The van der Waals surface area contributed by atoms with E-state index in [-0.39, 0.29) is 11.8 Å². The van der Waals surface area contributed by atoms with Crippen molar-refractivity contribution in [2.75, 3.05) is 0 Å². The number of unbranched alkanes of at least 4 members (excludes halogenated alkanes) is 1. The largest absolute Gasteiger partial charge is 0.480 e. The maximum atomic E-state index is 11.8. The molecule has 0 rings (SSSR count). The van der Waals surface area contributed by atoms with Crippen LogP contribution in [0.2, 0.25) is 0 Å². The summed E-state index contributed by atoms with van der Waals surface area (Å²) >= 11 is 0. The van der Waals surface area contributed by atoms with Crippen LogP contribution >= 0.6 is 0 Å². The Hall–Kier alpha value is -1.06. The third kappa shape index (κ3) is 5.14. The van der Waals surface area contributed by atoms with Crippen molar-refractivity contribution < 1.29 is 14.7 Å². The Morgan fingerprint density at radius 3 is 2.19 bits per heavy atom. The van der Waals surface area contributed by atoms with E-state index in [0.29, 0.717) is 6.42 Å². The Morgan fingerprint density at radius 1 is 1.19 bits per heavy atom. The molecule has 0 radical (unpaired) electrons. The first kappa shape index (κ1) is 14.9. The van der Waals surface area contributed by atoms with Crippen LogP contribution in [-0.2, 0) is 9.59 Å². The lowest BCUT2D eigenvalue weighted by Gasteiger charge is -2.18. The van der Waals surface area contributed by atoms with E-state index in [0.717, 1.165) is 25.7 Å². The fourth-order valence-corrected chi connectivity index (χ4v) is 1.60. The Labute approximate surface area is 97.4 Å². The normalized spacial score (nSPS) is 14.2. The zero-order valence-corrected chi connectivity index (χ0v) is 10.5. The molecule has 0 saturated heterocycles. The first-order valence-electron chi connectivity index (χ1n) is 6.09. The molecule has 0 saturated carbocycles. The van der Waals surface area contributed by atoms with Crippen LogP contribution in [0.1, 0.15) is 52.9 Å². The molecule has 0 spiro atoms. The van der Waals surface area contributed by atoms with E-state index in [9.17, 15) is 9.59 Å². The van der Waals surface area contributed by atoms with Crippen LogP contribution < -0.4 is 5.32 Å². The molecule has 0 aliphatic heterocycles. The molecule has 0 aliphatic rings. The van der Waals surface area contributed by atoms with E-state index in [2.05, 4.69) is 12.2 Å². The average Bonchev–Trinajstić information content (AvgIpc) is 2.26. The van der Waals surface area contributed by atoms with Gasteiger partial charge < -0.3 is 10.4 Å². The molecular formula is C12H23NO3. The summed E-state index contributed by atoms with van der Waals surface area (Å²) in [5, 5.41) is 11.4. The molecule has 16 heavy (non-hydrogen) atoms. The summed E-state index contributed by atoms with van der Waals surface area (Å²) < 4.78 is 0. The van der Waals surface area contributed by atoms with Crippen molar-refractivity contribution in [3.63, 3.8) is 0 Å². The number of aliphatic carboxylic acids is 1. The lowest BCUT2D eigenvalue weighted by Crippen LogP contribution is -2.43. The number of amides is 1. The molecule has 2 N–H and O–H groups in total. The van der Waals surface area contributed by atoms with Gasteiger partial charge in [-0.1, -0.05) is 33.6 Å². The van der Waals surface area contributed by atoms with Crippen LogP contribution in [0, 0.1) is 5.92 Å². The highest BCUT2D eigenvalue weighted by Gasteiger charge is 2.22. The topological polar surface area (TPSA) is 66.4 Å². The quantitative estimate of drug-likeness (QED) is 0.670. The monoisotopic (exact) mass is 229 g/mol. The molecule has 0 bridgehead atoms. The predicted molar refractivity (Wildman–Crippen MR) is 63.2 cm³/mol. The standard InChI is InChI=1S/C12H23NO3/c1-4-7-8-9(5-2)11(14)13-10(6-3)12(15)16/h9-10H,4-8H2,1-3H3,(H,13,14)(H,15,16)/t9?,10-/m1/s1. The number of carboxylic acid groups (broad SMARTS) is 1. The number of carbonyl (C=O) groups excluding carboxylic acids is 1. The molecule has 0 aromatic carbocycles. The highest BCUT2D eigenvalue weighted by molar-refractivity contribution is 5.84. The molecule has 0 fully saturated rings. The van der Waals surface area contributed by atoms with Crippen LogP contribution in [-0.4, -0.2) is 23.0 Å². The van der Waals surface area contributed by atoms with Crippen LogP contribution in [0.5, 0.6) is 0 Å². The van der Waals surface area contributed by atoms with Gasteiger partial charge in [0.05, 0.1) is 0 Å². The highest BCUT2D eigenvalue weighted by atomic mass is 16.4. The third-order valence-corrected chi connectivity index (χ3v) is 2.79. The number of carbonyl (C=O) groups is 2. The average molecular weight is 229 g/mol. The number of hydrogen-bond acceptors (Lipinski definition) is 2. The predicted octanol–water partition coefficient (Wildman–Crippen LogP) is 2.18. The van der Waals surface area contributed by atoms with E-state index in [1.54, 1.807) is 6.92 Å². The van der Waals surface area contributed by atoms with Crippen LogP contribution in [0.3, 0.4) is 0 Å². The van der Waals surface area contributed by atoms with Crippen molar-refractivity contribution in [1.82, 2.24) is 5.32 Å². The number of nitrogens with one attached hydrogen (secondary N) is 1. The van der Waals surface area contributed by atoms with Gasteiger partial charge >= 0.3 is 5.97 Å². The lowest BCUT2D eigenvalue weighted by atomic mass is 9.98. The molecule has 94 valence electrons. The van der Waals surface area contributed by atoms with Gasteiger partial charge in [0.2, 0.25) is 5.91 Å². The van der Waals surface area contributed by atoms with Gasteiger partial charge in [0.25, 0.3) is 0 Å². The number of rotatable bonds is 8. The van der Waals surface area contributed by atoms with Crippen molar-refractivity contribution >= 4 is 11.9 Å². The molecule has 0 heterocycles. The first-order valence-corrected chi connectivity index (χ1v) is 6.09. The van der Waals surface area contributed by atoms with Gasteiger partial charge in [-0.05, 0) is 19.3 Å². The fourth-order valence-electron chi connectivity index (χ4n) is 1.60. The Balaban J connectivity index is 4.23. The first-order chi connectivity index (χ1) is 7.56. The third-order valence-electron chi connectivity index (χ3n) is 2.79. The number of carboxylic acids is 1. The van der Waals surface area contributed by atoms with Gasteiger partial charge in [0.1, 0.15) is 6.04 Å². The van der Waals surface area contributed by atoms with Crippen LogP contribution in [0.25, 0.3) is 0 Å². The molecule has 0 aromatic rings. The zero-order chi connectivity index (χ0) is 12.6.